The van der Waals surface area contributed by atoms with Crippen LogP contribution >= 0.6 is 0 Å². The van der Waals surface area contributed by atoms with Gasteiger partial charge in [0, 0.05) is 13.1 Å². The predicted molar refractivity (Wildman–Crippen MR) is 80.2 cm³/mol. The molecule has 19 heavy (non-hydrogen) atoms. The summed E-state index contributed by atoms with van der Waals surface area (Å²) in [6.45, 7) is 6.54. The van der Waals surface area contributed by atoms with E-state index in [4.69, 9.17) is 5.73 Å². The molecule has 2 aromatic rings. The average Bonchev–Trinajstić information content (AvgIpc) is 2.34. The maximum absolute atomic E-state index is 11.7. The summed E-state index contributed by atoms with van der Waals surface area (Å²) in [5.74, 6) is 0.474. The summed E-state index contributed by atoms with van der Waals surface area (Å²) in [5, 5.41) is 0. The number of pyridine rings is 1. The highest BCUT2D eigenvalue weighted by atomic mass is 16.1. The van der Waals surface area contributed by atoms with Crippen LogP contribution in [0.4, 0.5) is 5.82 Å². The Morgan fingerprint density at radius 1 is 1.00 bits per heavy atom. The molecule has 0 spiro atoms. The van der Waals surface area contributed by atoms with E-state index in [-0.39, 0.29) is 11.0 Å². The standard InChI is InChI=1S/C16H20N2O/c1-16(2,3)13-7-5-11(6-8-13)12-9-14(17)18(4)15(19)10-12/h5-10H,17H2,1-4H3. The van der Waals surface area contributed by atoms with Crippen LogP contribution in [0.25, 0.3) is 11.1 Å². The SMILES string of the molecule is Cn1c(N)cc(-c2ccc(C(C)(C)C)cc2)cc1=O. The van der Waals surface area contributed by atoms with Crippen LogP contribution in [0, 0.1) is 0 Å². The number of nitrogens with zero attached hydrogens (tertiary/aromatic N) is 1. The molecule has 0 saturated heterocycles. The molecule has 0 saturated carbocycles. The van der Waals surface area contributed by atoms with Crippen molar-refractivity contribution in [1.82, 2.24) is 4.57 Å². The largest absolute Gasteiger partial charge is 0.385 e. The third kappa shape index (κ3) is 2.70. The van der Waals surface area contributed by atoms with Crippen LogP contribution in [0.3, 0.4) is 0 Å². The van der Waals surface area contributed by atoms with Gasteiger partial charge in [0.1, 0.15) is 5.82 Å². The normalized spacial score (nSPS) is 11.6. The van der Waals surface area contributed by atoms with E-state index in [0.29, 0.717) is 5.82 Å². The fraction of sp³-hybridized carbons (Fsp3) is 0.312. The molecular formula is C16H20N2O. The smallest absolute Gasteiger partial charge is 0.252 e. The van der Waals surface area contributed by atoms with E-state index in [9.17, 15) is 4.79 Å². The molecule has 0 unspecified atom stereocenters. The number of hydrogen-bond donors (Lipinski definition) is 1. The minimum absolute atomic E-state index is 0.0881. The zero-order valence-corrected chi connectivity index (χ0v) is 11.9. The number of nitrogen functional groups attached to an aromatic ring is 1. The molecular weight excluding hydrogens is 236 g/mol. The number of hydrogen-bond acceptors (Lipinski definition) is 2. The van der Waals surface area contributed by atoms with Gasteiger partial charge in [0.05, 0.1) is 0 Å². The topological polar surface area (TPSA) is 48.0 Å². The Balaban J connectivity index is 2.46. The molecule has 0 bridgehead atoms. The Labute approximate surface area is 113 Å². The zero-order chi connectivity index (χ0) is 14.2. The number of anilines is 1. The molecule has 0 fully saturated rings. The van der Waals surface area contributed by atoms with Gasteiger partial charge < -0.3 is 5.73 Å². The zero-order valence-electron chi connectivity index (χ0n) is 11.9. The van der Waals surface area contributed by atoms with Crippen molar-refractivity contribution in [2.24, 2.45) is 7.05 Å². The quantitative estimate of drug-likeness (QED) is 0.852. The molecule has 0 aliphatic carbocycles. The van der Waals surface area contributed by atoms with Crippen LogP contribution in [-0.2, 0) is 12.5 Å². The van der Waals surface area contributed by atoms with Gasteiger partial charge >= 0.3 is 0 Å². The van der Waals surface area contributed by atoms with Crippen molar-refractivity contribution in [2.75, 3.05) is 5.73 Å². The molecule has 0 atom stereocenters. The molecule has 0 aliphatic heterocycles. The molecule has 0 amide bonds. The van der Waals surface area contributed by atoms with Gasteiger partial charge in [-0.2, -0.15) is 0 Å². The van der Waals surface area contributed by atoms with Crippen molar-refractivity contribution in [2.45, 2.75) is 26.2 Å². The van der Waals surface area contributed by atoms with Crippen LogP contribution < -0.4 is 11.3 Å². The third-order valence-electron chi connectivity index (χ3n) is 3.38. The van der Waals surface area contributed by atoms with Crippen LogP contribution in [0.1, 0.15) is 26.3 Å². The van der Waals surface area contributed by atoms with Crippen molar-refractivity contribution in [1.29, 1.82) is 0 Å². The van der Waals surface area contributed by atoms with Crippen molar-refractivity contribution in [3.05, 3.63) is 52.3 Å². The molecule has 100 valence electrons. The second kappa shape index (κ2) is 4.57. The Morgan fingerprint density at radius 3 is 2.05 bits per heavy atom. The van der Waals surface area contributed by atoms with Gasteiger partial charge in [0.15, 0.2) is 0 Å². The number of aromatic nitrogens is 1. The monoisotopic (exact) mass is 256 g/mol. The first-order valence-corrected chi connectivity index (χ1v) is 6.36. The fourth-order valence-electron chi connectivity index (χ4n) is 1.98. The number of nitrogens with two attached hydrogens (primary N) is 1. The first-order valence-electron chi connectivity index (χ1n) is 6.36. The highest BCUT2D eigenvalue weighted by Crippen LogP contribution is 2.26. The van der Waals surface area contributed by atoms with Crippen LogP contribution in [0.2, 0.25) is 0 Å². The summed E-state index contributed by atoms with van der Waals surface area (Å²) in [4.78, 5) is 11.7. The van der Waals surface area contributed by atoms with E-state index in [2.05, 4.69) is 32.9 Å². The third-order valence-corrected chi connectivity index (χ3v) is 3.38. The van der Waals surface area contributed by atoms with E-state index in [1.54, 1.807) is 13.1 Å². The first kappa shape index (κ1) is 13.4. The van der Waals surface area contributed by atoms with Crippen molar-refractivity contribution < 1.29 is 0 Å². The fourth-order valence-corrected chi connectivity index (χ4v) is 1.98. The summed E-state index contributed by atoms with van der Waals surface area (Å²) in [6.07, 6.45) is 0. The molecule has 3 nitrogen and oxygen atoms in total. The second-order valence-electron chi connectivity index (χ2n) is 5.89. The summed E-state index contributed by atoms with van der Waals surface area (Å²) in [7, 11) is 1.67. The molecule has 1 aromatic heterocycles. The van der Waals surface area contributed by atoms with E-state index < -0.39 is 0 Å². The Kier molecular flexibility index (Phi) is 3.23. The highest BCUT2D eigenvalue weighted by molar-refractivity contribution is 5.66. The highest BCUT2D eigenvalue weighted by Gasteiger charge is 2.13. The summed E-state index contributed by atoms with van der Waals surface area (Å²) in [6, 6.07) is 11.7. The first-order chi connectivity index (χ1) is 8.79. The van der Waals surface area contributed by atoms with Gasteiger partial charge in [0.25, 0.3) is 5.56 Å². The van der Waals surface area contributed by atoms with Gasteiger partial charge in [-0.05, 0) is 28.2 Å². The molecule has 3 heteroatoms. The van der Waals surface area contributed by atoms with Crippen LogP contribution in [-0.4, -0.2) is 4.57 Å². The van der Waals surface area contributed by atoms with Gasteiger partial charge in [0.2, 0.25) is 0 Å². The molecule has 0 radical (unpaired) electrons. The molecule has 1 aromatic carbocycles. The molecule has 1 heterocycles. The molecule has 2 N–H and O–H groups in total. The molecule has 2 rings (SSSR count). The van der Waals surface area contributed by atoms with Crippen LogP contribution in [0.15, 0.2) is 41.2 Å². The summed E-state index contributed by atoms with van der Waals surface area (Å²) >= 11 is 0. The van der Waals surface area contributed by atoms with Crippen molar-refractivity contribution in [3.8, 4) is 11.1 Å². The lowest BCUT2D eigenvalue weighted by atomic mass is 9.86. The van der Waals surface area contributed by atoms with E-state index in [1.807, 2.05) is 18.2 Å². The van der Waals surface area contributed by atoms with E-state index >= 15 is 0 Å². The summed E-state index contributed by atoms with van der Waals surface area (Å²) < 4.78 is 1.44. The maximum atomic E-state index is 11.7. The summed E-state index contributed by atoms with van der Waals surface area (Å²) in [5.41, 5.74) is 9.01. The maximum Gasteiger partial charge on any atom is 0.252 e. The lowest BCUT2D eigenvalue weighted by molar-refractivity contribution is 0.590. The second-order valence-corrected chi connectivity index (χ2v) is 5.89. The lowest BCUT2D eigenvalue weighted by Gasteiger charge is -2.19. The Bertz CT molecular complexity index is 646. The Morgan fingerprint density at radius 2 is 1.58 bits per heavy atom. The van der Waals surface area contributed by atoms with Crippen molar-refractivity contribution >= 4 is 5.82 Å². The number of benzene rings is 1. The average molecular weight is 256 g/mol. The van der Waals surface area contributed by atoms with Crippen LogP contribution in [0.5, 0.6) is 0 Å². The van der Waals surface area contributed by atoms with E-state index in [1.165, 1.54) is 10.1 Å². The minimum Gasteiger partial charge on any atom is -0.385 e. The van der Waals surface area contributed by atoms with Gasteiger partial charge in [-0.1, -0.05) is 45.0 Å². The number of rotatable bonds is 1. The van der Waals surface area contributed by atoms with Crippen molar-refractivity contribution in [3.63, 3.8) is 0 Å². The van der Waals surface area contributed by atoms with Gasteiger partial charge in [-0.3, -0.25) is 9.36 Å². The van der Waals surface area contributed by atoms with Gasteiger partial charge in [-0.15, -0.1) is 0 Å². The molecule has 0 aliphatic rings. The van der Waals surface area contributed by atoms with E-state index in [0.717, 1.165) is 11.1 Å². The Hall–Kier alpha value is -2.03. The van der Waals surface area contributed by atoms with Gasteiger partial charge in [-0.25, -0.2) is 0 Å². The minimum atomic E-state index is -0.0881. The predicted octanol–water partition coefficient (Wildman–Crippen LogP) is 2.93. The lowest BCUT2D eigenvalue weighted by Crippen LogP contribution is -2.18.